The van der Waals surface area contributed by atoms with E-state index in [1.807, 2.05) is 0 Å². The smallest absolute Gasteiger partial charge is 0.160 e. The molecule has 302 valence electrons. The van der Waals surface area contributed by atoms with Gasteiger partial charge in [0, 0.05) is 38.6 Å². The molecule has 11 aromatic rings. The first-order valence-corrected chi connectivity index (χ1v) is 22.1. The molecule has 12 rings (SSSR count). The molecule has 0 saturated heterocycles. The van der Waals surface area contributed by atoms with E-state index in [2.05, 4.69) is 243 Å². The topological polar surface area (TPSA) is 30.7 Å². The predicted molar refractivity (Wildman–Crippen MR) is 267 cm³/mol. The van der Waals surface area contributed by atoms with E-state index >= 15 is 0 Å². The van der Waals surface area contributed by atoms with Crippen molar-refractivity contribution >= 4 is 21.8 Å². The molecule has 1 aliphatic rings. The maximum absolute atomic E-state index is 5.55. The maximum Gasteiger partial charge on any atom is 0.160 e. The first kappa shape index (κ1) is 37.6. The van der Waals surface area contributed by atoms with Crippen LogP contribution in [-0.2, 0) is 5.41 Å². The third kappa shape index (κ3) is 6.28. The summed E-state index contributed by atoms with van der Waals surface area (Å²) in [5, 5.41) is 2.41. The van der Waals surface area contributed by atoms with Crippen LogP contribution in [-0.4, -0.2) is 14.5 Å². The van der Waals surface area contributed by atoms with Gasteiger partial charge >= 0.3 is 0 Å². The third-order valence-electron chi connectivity index (χ3n) is 13.2. The average Bonchev–Trinajstić information content (AvgIpc) is 3.82. The normalized spacial score (nSPS) is 12.7. The summed E-state index contributed by atoms with van der Waals surface area (Å²) < 4.78 is 2.41. The molecule has 1 aliphatic carbocycles. The lowest BCUT2D eigenvalue weighted by molar-refractivity contribution is 0.660. The summed E-state index contributed by atoms with van der Waals surface area (Å²) >= 11 is 0. The van der Waals surface area contributed by atoms with Crippen LogP contribution in [0.3, 0.4) is 0 Å². The second-order valence-corrected chi connectivity index (χ2v) is 17.4. The van der Waals surface area contributed by atoms with Crippen LogP contribution in [0.25, 0.3) is 106 Å². The summed E-state index contributed by atoms with van der Waals surface area (Å²) in [7, 11) is 0. The highest BCUT2D eigenvalue weighted by Crippen LogP contribution is 2.51. The number of hydrogen-bond donors (Lipinski definition) is 0. The molecule has 0 atom stereocenters. The predicted octanol–water partition coefficient (Wildman–Crippen LogP) is 15.9. The van der Waals surface area contributed by atoms with Crippen molar-refractivity contribution in [3.8, 4) is 84.1 Å². The third-order valence-corrected chi connectivity index (χ3v) is 13.2. The van der Waals surface area contributed by atoms with Crippen molar-refractivity contribution in [1.82, 2.24) is 14.5 Å². The minimum absolute atomic E-state index is 0.147. The number of nitrogens with zero attached hydrogens (tertiary/aromatic N) is 3. The molecule has 3 nitrogen and oxygen atoms in total. The van der Waals surface area contributed by atoms with Gasteiger partial charge in [0.05, 0.1) is 22.4 Å². The summed E-state index contributed by atoms with van der Waals surface area (Å²) in [5.41, 5.74) is 20.2. The number of rotatable bonds is 7. The van der Waals surface area contributed by atoms with Gasteiger partial charge in [-0.15, -0.1) is 0 Å². The monoisotopic (exact) mass is 817 g/mol. The Hall–Kier alpha value is -8.14. The minimum atomic E-state index is -0.147. The van der Waals surface area contributed by atoms with E-state index in [0.717, 1.165) is 72.6 Å². The molecule has 0 unspecified atom stereocenters. The van der Waals surface area contributed by atoms with Gasteiger partial charge in [0.1, 0.15) is 0 Å². The van der Waals surface area contributed by atoms with Crippen molar-refractivity contribution in [1.29, 1.82) is 0 Å². The summed E-state index contributed by atoms with van der Waals surface area (Å²) in [6.45, 7) is 4.71. The van der Waals surface area contributed by atoms with Crippen LogP contribution in [0.1, 0.15) is 25.0 Å². The first-order valence-electron chi connectivity index (χ1n) is 22.1. The zero-order chi connectivity index (χ0) is 42.8. The van der Waals surface area contributed by atoms with Gasteiger partial charge in [0.15, 0.2) is 5.82 Å². The zero-order valence-electron chi connectivity index (χ0n) is 35.7. The van der Waals surface area contributed by atoms with Crippen LogP contribution < -0.4 is 0 Å². The molecule has 64 heavy (non-hydrogen) atoms. The van der Waals surface area contributed by atoms with Crippen LogP contribution in [0.5, 0.6) is 0 Å². The number of para-hydroxylation sites is 2. The highest BCUT2D eigenvalue weighted by molar-refractivity contribution is 6.17. The highest BCUT2D eigenvalue weighted by Gasteiger charge is 2.35. The molecule has 3 heteroatoms. The number of hydrogen-bond acceptors (Lipinski definition) is 2. The maximum atomic E-state index is 5.55. The van der Waals surface area contributed by atoms with E-state index < -0.39 is 0 Å². The molecular formula is C61H43N3. The second-order valence-electron chi connectivity index (χ2n) is 17.4. The number of benzene rings is 9. The summed E-state index contributed by atoms with van der Waals surface area (Å²) in [4.78, 5) is 11.0. The molecule has 0 spiro atoms. The Bertz CT molecular complexity index is 3490. The van der Waals surface area contributed by atoms with Crippen molar-refractivity contribution in [3.63, 3.8) is 0 Å². The van der Waals surface area contributed by atoms with E-state index in [9.17, 15) is 0 Å². The fourth-order valence-electron chi connectivity index (χ4n) is 10.0. The molecule has 0 amide bonds. The van der Waals surface area contributed by atoms with E-state index in [1.54, 1.807) is 0 Å². The van der Waals surface area contributed by atoms with Crippen LogP contribution in [0, 0.1) is 0 Å². The van der Waals surface area contributed by atoms with Crippen molar-refractivity contribution in [2.75, 3.05) is 0 Å². The van der Waals surface area contributed by atoms with Crippen LogP contribution in [0.15, 0.2) is 224 Å². The van der Waals surface area contributed by atoms with Crippen molar-refractivity contribution < 1.29 is 0 Å². The lowest BCUT2D eigenvalue weighted by atomic mass is 9.81. The van der Waals surface area contributed by atoms with Crippen molar-refractivity contribution in [2.45, 2.75) is 19.3 Å². The Labute approximate surface area is 373 Å². The fourth-order valence-corrected chi connectivity index (χ4v) is 10.0. The van der Waals surface area contributed by atoms with E-state index in [4.69, 9.17) is 9.97 Å². The molecule has 0 aliphatic heterocycles. The van der Waals surface area contributed by atoms with Gasteiger partial charge in [0.2, 0.25) is 0 Å². The van der Waals surface area contributed by atoms with Crippen molar-refractivity contribution in [2.24, 2.45) is 0 Å². The van der Waals surface area contributed by atoms with Gasteiger partial charge in [-0.3, -0.25) is 0 Å². The Kier molecular flexibility index (Phi) is 8.84. The van der Waals surface area contributed by atoms with Gasteiger partial charge in [-0.05, 0) is 116 Å². The first-order chi connectivity index (χ1) is 31.5. The van der Waals surface area contributed by atoms with Gasteiger partial charge in [0.25, 0.3) is 0 Å². The van der Waals surface area contributed by atoms with Gasteiger partial charge in [-0.25, -0.2) is 9.97 Å². The highest BCUT2D eigenvalue weighted by atomic mass is 15.0. The molecule has 0 N–H and O–H groups in total. The Morgan fingerprint density at radius 1 is 0.344 bits per heavy atom. The average molecular weight is 818 g/mol. The summed E-state index contributed by atoms with van der Waals surface area (Å²) in [6.07, 6.45) is 0. The molecular weight excluding hydrogens is 775 g/mol. The quantitative estimate of drug-likeness (QED) is 0.160. The van der Waals surface area contributed by atoms with Gasteiger partial charge in [-0.2, -0.15) is 0 Å². The van der Waals surface area contributed by atoms with Crippen LogP contribution in [0.4, 0.5) is 0 Å². The molecule has 2 heterocycles. The zero-order valence-corrected chi connectivity index (χ0v) is 35.7. The van der Waals surface area contributed by atoms with Crippen molar-refractivity contribution in [3.05, 3.63) is 236 Å². The number of fused-ring (bicyclic) bond motifs is 6. The van der Waals surface area contributed by atoms with Gasteiger partial charge < -0.3 is 4.57 Å². The van der Waals surface area contributed by atoms with Gasteiger partial charge in [-0.1, -0.05) is 178 Å². The van der Waals surface area contributed by atoms with E-state index in [1.165, 1.54) is 38.6 Å². The molecule has 2 aromatic heterocycles. The lowest BCUT2D eigenvalue weighted by Crippen LogP contribution is -2.14. The number of aromatic nitrogens is 3. The summed E-state index contributed by atoms with van der Waals surface area (Å²) in [6, 6.07) is 80.8. The summed E-state index contributed by atoms with van der Waals surface area (Å²) in [5.74, 6) is 0.671. The SMILES string of the molecule is CC1(C)c2ccccc2-c2ccc(-c3cc(-c4nc(-c5ccccc5)cc(-c5cc(-c6ccccc6)cc(-c6ccccc6)c5)n4)cc4c3c3ccccc3n4-c3ccccc3)cc21. The lowest BCUT2D eigenvalue weighted by Gasteiger charge is -2.22. The standard InChI is InChI=1S/C61H43N3/c1-61(2)53-29-17-15-27-49(53)50-32-31-43(37-54(50)61)52-36-47(38-58-59(52)51-28-16-18-30-57(51)64(58)48-25-13-6-14-26-48)60-62-55(42-23-11-5-12-24-42)39-56(63-60)46-34-44(40-19-7-3-8-20-40)33-45(35-46)41-21-9-4-10-22-41/h3-39H,1-2H3. The Morgan fingerprint density at radius 3 is 1.58 bits per heavy atom. The molecule has 0 radical (unpaired) electrons. The fraction of sp³-hybridized carbons (Fsp3) is 0.0492. The van der Waals surface area contributed by atoms with E-state index in [-0.39, 0.29) is 5.41 Å². The second kappa shape index (κ2) is 15.0. The Balaban J connectivity index is 1.14. The molecule has 9 aromatic carbocycles. The minimum Gasteiger partial charge on any atom is -0.309 e. The molecule has 0 fully saturated rings. The van der Waals surface area contributed by atoms with Crippen LogP contribution in [0.2, 0.25) is 0 Å². The van der Waals surface area contributed by atoms with Crippen LogP contribution >= 0.6 is 0 Å². The Morgan fingerprint density at radius 2 is 0.891 bits per heavy atom. The molecule has 0 bridgehead atoms. The van der Waals surface area contributed by atoms with E-state index in [0.29, 0.717) is 5.82 Å². The molecule has 0 saturated carbocycles. The largest absolute Gasteiger partial charge is 0.309 e.